The van der Waals surface area contributed by atoms with Crippen molar-refractivity contribution in [2.24, 2.45) is 0 Å². The standard InChI is InChI=1S/C14H20N4O2/c1-10-3-4-12(11(2)9-10)17-13(19)15-5-7-18-8-6-16-14(18)20/h3-4,9H,5-8H2,1-2H3,(H,16,20)(H2,15,17,19). The van der Waals surface area contributed by atoms with Gasteiger partial charge in [-0.15, -0.1) is 0 Å². The Bertz CT molecular complexity index is 516. The molecule has 1 aliphatic heterocycles. The van der Waals surface area contributed by atoms with Gasteiger partial charge >= 0.3 is 12.1 Å². The minimum Gasteiger partial charge on any atom is -0.336 e. The molecule has 6 nitrogen and oxygen atoms in total. The van der Waals surface area contributed by atoms with E-state index in [1.807, 2.05) is 32.0 Å². The van der Waals surface area contributed by atoms with E-state index in [1.54, 1.807) is 4.90 Å². The molecule has 0 saturated carbocycles. The topological polar surface area (TPSA) is 73.5 Å². The van der Waals surface area contributed by atoms with Gasteiger partial charge in [-0.05, 0) is 25.5 Å². The van der Waals surface area contributed by atoms with Gasteiger partial charge in [0.15, 0.2) is 0 Å². The monoisotopic (exact) mass is 276 g/mol. The van der Waals surface area contributed by atoms with E-state index in [0.29, 0.717) is 26.2 Å². The van der Waals surface area contributed by atoms with Gasteiger partial charge in [0, 0.05) is 31.9 Å². The lowest BCUT2D eigenvalue weighted by Crippen LogP contribution is -2.38. The lowest BCUT2D eigenvalue weighted by Gasteiger charge is -2.15. The molecule has 6 heteroatoms. The Balaban J connectivity index is 1.76. The van der Waals surface area contributed by atoms with Crippen molar-refractivity contribution in [3.05, 3.63) is 29.3 Å². The molecule has 1 saturated heterocycles. The average Bonchev–Trinajstić information content (AvgIpc) is 2.79. The van der Waals surface area contributed by atoms with E-state index >= 15 is 0 Å². The number of urea groups is 2. The van der Waals surface area contributed by atoms with E-state index in [4.69, 9.17) is 0 Å². The molecule has 4 amide bonds. The molecule has 0 atom stereocenters. The van der Waals surface area contributed by atoms with Crippen LogP contribution in [0.5, 0.6) is 0 Å². The van der Waals surface area contributed by atoms with Crippen LogP contribution in [-0.2, 0) is 0 Å². The van der Waals surface area contributed by atoms with Crippen molar-refractivity contribution >= 4 is 17.7 Å². The second kappa shape index (κ2) is 6.27. The second-order valence-corrected chi connectivity index (χ2v) is 4.92. The summed E-state index contributed by atoms with van der Waals surface area (Å²) in [6.45, 7) is 6.29. The minimum atomic E-state index is -0.253. The molecule has 0 radical (unpaired) electrons. The number of hydrogen-bond acceptors (Lipinski definition) is 2. The number of nitrogens with zero attached hydrogens (tertiary/aromatic N) is 1. The third kappa shape index (κ3) is 3.63. The molecule has 3 N–H and O–H groups in total. The van der Waals surface area contributed by atoms with Gasteiger partial charge in [-0.25, -0.2) is 9.59 Å². The third-order valence-corrected chi connectivity index (χ3v) is 3.24. The van der Waals surface area contributed by atoms with E-state index < -0.39 is 0 Å². The minimum absolute atomic E-state index is 0.0680. The Labute approximate surface area is 118 Å². The van der Waals surface area contributed by atoms with Gasteiger partial charge in [0.05, 0.1) is 0 Å². The first-order chi connectivity index (χ1) is 9.56. The van der Waals surface area contributed by atoms with Crippen LogP contribution in [-0.4, -0.2) is 43.1 Å². The summed E-state index contributed by atoms with van der Waals surface area (Å²) in [4.78, 5) is 24.7. The van der Waals surface area contributed by atoms with E-state index in [2.05, 4.69) is 16.0 Å². The zero-order valence-electron chi connectivity index (χ0n) is 11.8. The zero-order chi connectivity index (χ0) is 14.5. The van der Waals surface area contributed by atoms with Gasteiger partial charge in [0.25, 0.3) is 0 Å². The Hall–Kier alpha value is -2.24. The predicted octanol–water partition coefficient (Wildman–Crippen LogP) is 1.45. The molecule has 1 heterocycles. The summed E-state index contributed by atoms with van der Waals surface area (Å²) in [5.41, 5.74) is 2.99. The predicted molar refractivity (Wildman–Crippen MR) is 77.9 cm³/mol. The Morgan fingerprint density at radius 2 is 2.20 bits per heavy atom. The molecule has 108 valence electrons. The first-order valence-electron chi connectivity index (χ1n) is 6.71. The van der Waals surface area contributed by atoms with Gasteiger partial charge in [-0.3, -0.25) is 0 Å². The lowest BCUT2D eigenvalue weighted by atomic mass is 10.1. The van der Waals surface area contributed by atoms with Crippen molar-refractivity contribution in [3.8, 4) is 0 Å². The van der Waals surface area contributed by atoms with Crippen molar-refractivity contribution < 1.29 is 9.59 Å². The fourth-order valence-electron chi connectivity index (χ4n) is 2.15. The fourth-order valence-corrected chi connectivity index (χ4v) is 2.15. The molecule has 20 heavy (non-hydrogen) atoms. The highest BCUT2D eigenvalue weighted by atomic mass is 16.2. The van der Waals surface area contributed by atoms with Crippen molar-refractivity contribution in [1.82, 2.24) is 15.5 Å². The summed E-state index contributed by atoms with van der Waals surface area (Å²) in [5, 5.41) is 8.27. The summed E-state index contributed by atoms with van der Waals surface area (Å²) < 4.78 is 0. The number of amides is 4. The van der Waals surface area contributed by atoms with Gasteiger partial charge in [-0.2, -0.15) is 0 Å². The normalized spacial score (nSPS) is 14.1. The van der Waals surface area contributed by atoms with Gasteiger partial charge in [0.1, 0.15) is 0 Å². The number of nitrogens with one attached hydrogen (secondary N) is 3. The quantitative estimate of drug-likeness (QED) is 0.778. The van der Waals surface area contributed by atoms with E-state index in [-0.39, 0.29) is 12.1 Å². The van der Waals surface area contributed by atoms with Gasteiger partial charge < -0.3 is 20.9 Å². The number of aryl methyl sites for hydroxylation is 2. The third-order valence-electron chi connectivity index (χ3n) is 3.24. The average molecular weight is 276 g/mol. The molecule has 0 aliphatic carbocycles. The SMILES string of the molecule is Cc1ccc(NC(=O)NCCN2CCNC2=O)c(C)c1. The smallest absolute Gasteiger partial charge is 0.319 e. The largest absolute Gasteiger partial charge is 0.336 e. The van der Waals surface area contributed by atoms with Crippen molar-refractivity contribution in [2.45, 2.75) is 13.8 Å². The highest BCUT2D eigenvalue weighted by molar-refractivity contribution is 5.90. The zero-order valence-corrected chi connectivity index (χ0v) is 11.8. The first kappa shape index (κ1) is 14.2. The fraction of sp³-hybridized carbons (Fsp3) is 0.429. The number of anilines is 1. The van der Waals surface area contributed by atoms with E-state index in [9.17, 15) is 9.59 Å². The highest BCUT2D eigenvalue weighted by Gasteiger charge is 2.18. The van der Waals surface area contributed by atoms with Crippen LogP contribution < -0.4 is 16.0 Å². The van der Waals surface area contributed by atoms with Gasteiger partial charge in [-0.1, -0.05) is 17.7 Å². The van der Waals surface area contributed by atoms with E-state index in [1.165, 1.54) is 0 Å². The molecule has 2 rings (SSSR count). The number of hydrogen-bond donors (Lipinski definition) is 3. The maximum Gasteiger partial charge on any atom is 0.319 e. The Morgan fingerprint density at radius 3 is 2.85 bits per heavy atom. The Kier molecular flexibility index (Phi) is 4.45. The number of rotatable bonds is 4. The maximum atomic E-state index is 11.8. The van der Waals surface area contributed by atoms with Crippen LogP contribution in [0.15, 0.2) is 18.2 Å². The molecule has 0 bridgehead atoms. The van der Waals surface area contributed by atoms with Crippen molar-refractivity contribution in [2.75, 3.05) is 31.5 Å². The lowest BCUT2D eigenvalue weighted by molar-refractivity contribution is 0.216. The molecule has 1 aromatic rings. The van der Waals surface area contributed by atoms with Crippen LogP contribution in [0.1, 0.15) is 11.1 Å². The summed E-state index contributed by atoms with van der Waals surface area (Å²) in [7, 11) is 0. The van der Waals surface area contributed by atoms with Gasteiger partial charge in [0.2, 0.25) is 0 Å². The summed E-state index contributed by atoms with van der Waals surface area (Å²) in [6.07, 6.45) is 0. The van der Waals surface area contributed by atoms with Crippen LogP contribution in [0, 0.1) is 13.8 Å². The molecule has 0 aromatic heterocycles. The summed E-state index contributed by atoms with van der Waals surface area (Å²) in [5.74, 6) is 0. The second-order valence-electron chi connectivity index (χ2n) is 4.92. The van der Waals surface area contributed by atoms with Crippen LogP contribution in [0.25, 0.3) is 0 Å². The van der Waals surface area contributed by atoms with Crippen LogP contribution in [0.4, 0.5) is 15.3 Å². The highest BCUT2D eigenvalue weighted by Crippen LogP contribution is 2.15. The molecular weight excluding hydrogens is 256 g/mol. The molecule has 1 aliphatic rings. The molecular formula is C14H20N4O2. The summed E-state index contributed by atoms with van der Waals surface area (Å²) in [6, 6.07) is 5.54. The number of carbonyl (C=O) groups excluding carboxylic acids is 2. The van der Waals surface area contributed by atoms with Crippen molar-refractivity contribution in [3.63, 3.8) is 0 Å². The maximum absolute atomic E-state index is 11.8. The van der Waals surface area contributed by atoms with E-state index in [0.717, 1.165) is 16.8 Å². The molecule has 0 unspecified atom stereocenters. The number of carbonyl (C=O) groups is 2. The Morgan fingerprint density at radius 1 is 1.40 bits per heavy atom. The van der Waals surface area contributed by atoms with Crippen LogP contribution in [0.2, 0.25) is 0 Å². The van der Waals surface area contributed by atoms with Crippen molar-refractivity contribution in [1.29, 1.82) is 0 Å². The number of benzene rings is 1. The summed E-state index contributed by atoms with van der Waals surface area (Å²) >= 11 is 0. The molecule has 0 spiro atoms. The first-order valence-corrected chi connectivity index (χ1v) is 6.71. The molecule has 1 aromatic carbocycles. The van der Waals surface area contributed by atoms with Crippen LogP contribution in [0.3, 0.4) is 0 Å². The molecule has 1 fully saturated rings. The van der Waals surface area contributed by atoms with Crippen LogP contribution >= 0.6 is 0 Å².